The molecule has 1 aliphatic heterocycles. The van der Waals surface area contributed by atoms with Gasteiger partial charge in [0.05, 0.1) is 12.1 Å². The minimum Gasteiger partial charge on any atom is -0.480 e. The molecule has 35 heavy (non-hydrogen) atoms. The van der Waals surface area contributed by atoms with Crippen molar-refractivity contribution in [1.29, 1.82) is 0 Å². The van der Waals surface area contributed by atoms with Gasteiger partial charge in [-0.2, -0.15) is 0 Å². The van der Waals surface area contributed by atoms with E-state index < -0.39 is 48.1 Å². The van der Waals surface area contributed by atoms with Gasteiger partial charge in [-0.3, -0.25) is 19.4 Å². The number of aliphatic hydroxyl groups is 1. The van der Waals surface area contributed by atoms with Gasteiger partial charge in [0.2, 0.25) is 17.7 Å². The summed E-state index contributed by atoms with van der Waals surface area (Å²) in [7, 11) is 0. The second kappa shape index (κ2) is 15.8. The first-order valence-electron chi connectivity index (χ1n) is 11.9. The number of amides is 3. The average Bonchev–Trinajstić information content (AvgIpc) is 3.33. The van der Waals surface area contributed by atoms with E-state index in [0.717, 1.165) is 6.42 Å². The molecule has 0 aromatic rings. The number of aliphatic imine (C=N–C) groups is 1. The number of carbonyl (C=O) groups is 4. The summed E-state index contributed by atoms with van der Waals surface area (Å²) in [6, 6.07) is -4.05. The lowest BCUT2D eigenvalue weighted by atomic mass is 10.0. The first-order chi connectivity index (χ1) is 16.6. The summed E-state index contributed by atoms with van der Waals surface area (Å²) < 4.78 is 0. The van der Waals surface area contributed by atoms with Gasteiger partial charge in [-0.1, -0.05) is 0 Å². The molecule has 0 radical (unpaired) electrons. The van der Waals surface area contributed by atoms with Gasteiger partial charge in [0, 0.05) is 6.54 Å². The van der Waals surface area contributed by atoms with Crippen LogP contribution in [0, 0.1) is 0 Å². The van der Waals surface area contributed by atoms with Gasteiger partial charge in [0.25, 0.3) is 0 Å². The van der Waals surface area contributed by atoms with E-state index in [-0.39, 0.29) is 37.7 Å². The van der Waals surface area contributed by atoms with E-state index in [4.69, 9.17) is 17.2 Å². The summed E-state index contributed by atoms with van der Waals surface area (Å²) in [5.41, 5.74) is 16.0. The molecule has 0 aromatic carbocycles. The summed E-state index contributed by atoms with van der Waals surface area (Å²) in [4.78, 5) is 53.6. The number of carboxylic acids is 1. The van der Waals surface area contributed by atoms with Crippen LogP contribution in [0.4, 0.5) is 0 Å². The molecule has 0 aliphatic carbocycles. The van der Waals surface area contributed by atoms with Crippen LogP contribution in [0.1, 0.15) is 51.9 Å². The molecule has 1 fully saturated rings. The van der Waals surface area contributed by atoms with Gasteiger partial charge in [0.1, 0.15) is 18.1 Å². The molecule has 0 bridgehead atoms. The summed E-state index contributed by atoms with van der Waals surface area (Å²) >= 11 is 0. The van der Waals surface area contributed by atoms with Gasteiger partial charge in [-0.05, 0) is 65.0 Å². The first-order valence-corrected chi connectivity index (χ1v) is 11.9. The van der Waals surface area contributed by atoms with Crippen molar-refractivity contribution in [3.63, 3.8) is 0 Å². The number of aliphatic hydroxyl groups excluding tert-OH is 1. The van der Waals surface area contributed by atoms with Gasteiger partial charge in [-0.25, -0.2) is 4.79 Å². The number of hydrogen-bond acceptors (Lipinski definition) is 8. The maximum Gasteiger partial charge on any atom is 0.326 e. The number of carboxylic acid groups (broad SMARTS) is 1. The van der Waals surface area contributed by atoms with Crippen molar-refractivity contribution >= 4 is 29.7 Å². The van der Waals surface area contributed by atoms with E-state index in [0.29, 0.717) is 32.4 Å². The van der Waals surface area contributed by atoms with E-state index in [9.17, 15) is 29.4 Å². The predicted octanol–water partition coefficient (Wildman–Crippen LogP) is -3.16. The van der Waals surface area contributed by atoms with Crippen molar-refractivity contribution in [2.45, 2.75) is 82.1 Å². The highest BCUT2D eigenvalue weighted by molar-refractivity contribution is 5.94. The van der Waals surface area contributed by atoms with Crippen molar-refractivity contribution in [1.82, 2.24) is 21.3 Å². The number of carbonyl (C=O) groups excluding carboxylic acids is 3. The number of guanidine groups is 1. The highest BCUT2D eigenvalue weighted by Crippen LogP contribution is 2.08. The molecule has 5 unspecified atom stereocenters. The first kappa shape index (κ1) is 30.1. The normalized spacial score (nSPS) is 18.5. The Morgan fingerprint density at radius 2 is 1.71 bits per heavy atom. The topological polar surface area (TPSA) is 247 Å². The van der Waals surface area contributed by atoms with Crippen molar-refractivity contribution < 1.29 is 29.4 Å². The predicted molar refractivity (Wildman–Crippen MR) is 129 cm³/mol. The van der Waals surface area contributed by atoms with Crippen molar-refractivity contribution in [2.24, 2.45) is 22.2 Å². The zero-order valence-corrected chi connectivity index (χ0v) is 20.2. The Morgan fingerprint density at radius 3 is 2.26 bits per heavy atom. The summed E-state index contributed by atoms with van der Waals surface area (Å²) in [5, 5.41) is 30.1. The van der Waals surface area contributed by atoms with E-state index in [1.54, 1.807) is 0 Å². The maximum absolute atomic E-state index is 13.0. The molecule has 1 aliphatic rings. The second-order valence-corrected chi connectivity index (χ2v) is 8.57. The standard InChI is InChI=1S/C21H40N8O6/c1-12(30)16(19(33)28-15(20(34)35)8-5-11-26-21(23)24)29-18(32)14(6-2-3-9-22)27-17(31)13-7-4-10-25-13/h12-16,25,30H,2-11,22H2,1H3,(H,27,31)(H,28,33)(H,29,32)(H,34,35)(H4,23,24,26). The Bertz CT molecular complexity index is 737. The molecule has 14 heteroatoms. The van der Waals surface area contributed by atoms with Crippen LogP contribution in [0.2, 0.25) is 0 Å². The summed E-state index contributed by atoms with van der Waals surface area (Å²) in [5.74, 6) is -3.26. The number of unbranched alkanes of at least 4 members (excludes halogenated alkanes) is 1. The lowest BCUT2D eigenvalue weighted by molar-refractivity contribution is -0.143. The number of hydrogen-bond donors (Lipinski definition) is 9. The smallest absolute Gasteiger partial charge is 0.326 e. The Morgan fingerprint density at radius 1 is 1.03 bits per heavy atom. The zero-order chi connectivity index (χ0) is 26.4. The Labute approximate surface area is 204 Å². The highest BCUT2D eigenvalue weighted by atomic mass is 16.4. The lowest BCUT2D eigenvalue weighted by Crippen LogP contribution is -2.59. The lowest BCUT2D eigenvalue weighted by Gasteiger charge is -2.26. The molecule has 0 spiro atoms. The molecule has 1 saturated heterocycles. The average molecular weight is 501 g/mol. The van der Waals surface area contributed by atoms with Crippen LogP contribution in [0.15, 0.2) is 4.99 Å². The fourth-order valence-electron chi connectivity index (χ4n) is 3.62. The molecule has 1 heterocycles. The van der Waals surface area contributed by atoms with E-state index in [1.807, 2.05) is 0 Å². The number of nitrogens with two attached hydrogens (primary N) is 3. The molecular formula is C21H40N8O6. The third-order valence-corrected chi connectivity index (χ3v) is 5.58. The molecule has 5 atom stereocenters. The Hall–Kier alpha value is -2.97. The van der Waals surface area contributed by atoms with Crippen LogP contribution in [0.25, 0.3) is 0 Å². The second-order valence-electron chi connectivity index (χ2n) is 8.57. The van der Waals surface area contributed by atoms with Gasteiger partial charge in [-0.15, -0.1) is 0 Å². The molecule has 14 nitrogen and oxygen atoms in total. The largest absolute Gasteiger partial charge is 0.480 e. The van der Waals surface area contributed by atoms with E-state index in [1.165, 1.54) is 6.92 Å². The zero-order valence-electron chi connectivity index (χ0n) is 20.2. The maximum atomic E-state index is 13.0. The highest BCUT2D eigenvalue weighted by Gasteiger charge is 2.33. The van der Waals surface area contributed by atoms with E-state index >= 15 is 0 Å². The van der Waals surface area contributed by atoms with Crippen molar-refractivity contribution in [3.05, 3.63) is 0 Å². The van der Waals surface area contributed by atoms with Crippen LogP contribution < -0.4 is 38.5 Å². The third-order valence-electron chi connectivity index (χ3n) is 5.58. The summed E-state index contributed by atoms with van der Waals surface area (Å²) in [6.07, 6.45) is 1.99. The molecule has 0 aromatic heterocycles. The van der Waals surface area contributed by atoms with Crippen molar-refractivity contribution in [3.8, 4) is 0 Å². The molecule has 200 valence electrons. The Balaban J connectivity index is 2.83. The third kappa shape index (κ3) is 11.3. The molecule has 1 rings (SSSR count). The van der Waals surface area contributed by atoms with Crippen LogP contribution in [0.3, 0.4) is 0 Å². The van der Waals surface area contributed by atoms with Crippen LogP contribution >= 0.6 is 0 Å². The minimum absolute atomic E-state index is 0.0322. The SMILES string of the molecule is CC(O)C(NC(=O)C(CCCCN)NC(=O)C1CCCN1)C(=O)NC(CCCN=C(N)N)C(=O)O. The fourth-order valence-corrected chi connectivity index (χ4v) is 3.62. The monoisotopic (exact) mass is 500 g/mol. The number of aliphatic carboxylic acids is 1. The van der Waals surface area contributed by atoms with Crippen LogP contribution in [-0.4, -0.2) is 89.8 Å². The number of rotatable bonds is 16. The Kier molecular flexibility index (Phi) is 13.6. The molecule has 3 amide bonds. The summed E-state index contributed by atoms with van der Waals surface area (Å²) in [6.45, 7) is 2.61. The van der Waals surface area contributed by atoms with E-state index in [2.05, 4.69) is 26.3 Å². The van der Waals surface area contributed by atoms with Crippen LogP contribution in [0.5, 0.6) is 0 Å². The fraction of sp³-hybridized carbons (Fsp3) is 0.762. The van der Waals surface area contributed by atoms with Gasteiger partial charge < -0.3 is 48.7 Å². The number of nitrogens with zero attached hydrogens (tertiary/aromatic N) is 1. The quantitative estimate of drug-likeness (QED) is 0.0584. The minimum atomic E-state index is -1.43. The number of nitrogens with one attached hydrogen (secondary N) is 4. The molecule has 0 saturated carbocycles. The molecule has 12 N–H and O–H groups in total. The van der Waals surface area contributed by atoms with Gasteiger partial charge in [0.15, 0.2) is 5.96 Å². The molecular weight excluding hydrogens is 460 g/mol. The van der Waals surface area contributed by atoms with Gasteiger partial charge >= 0.3 is 5.97 Å². The van der Waals surface area contributed by atoms with Crippen molar-refractivity contribution in [2.75, 3.05) is 19.6 Å². The van der Waals surface area contributed by atoms with Crippen LogP contribution in [-0.2, 0) is 19.2 Å².